The van der Waals surface area contributed by atoms with Crippen LogP contribution in [0.5, 0.6) is 5.75 Å². The number of nitrogens with zero attached hydrogens (tertiary/aromatic N) is 4. The molecule has 1 aliphatic heterocycles. The maximum absolute atomic E-state index is 13.1. The van der Waals surface area contributed by atoms with Crippen LogP contribution in [0.15, 0.2) is 59.0 Å². The van der Waals surface area contributed by atoms with Crippen molar-refractivity contribution in [3.8, 4) is 28.5 Å². The van der Waals surface area contributed by atoms with Crippen molar-refractivity contribution in [1.29, 1.82) is 0 Å². The lowest BCUT2D eigenvalue weighted by atomic mass is 9.96. The number of carbonyl (C=O) groups is 1. The Morgan fingerprint density at radius 3 is 2.64 bits per heavy atom. The van der Waals surface area contributed by atoms with Crippen LogP contribution in [0.2, 0.25) is 0 Å². The highest BCUT2D eigenvalue weighted by atomic mass is 19.1. The van der Waals surface area contributed by atoms with Crippen molar-refractivity contribution < 1.29 is 18.3 Å². The van der Waals surface area contributed by atoms with Crippen molar-refractivity contribution in [2.75, 3.05) is 20.2 Å². The zero-order valence-corrected chi connectivity index (χ0v) is 18.0. The lowest BCUT2D eigenvalue weighted by Gasteiger charge is -2.30. The summed E-state index contributed by atoms with van der Waals surface area (Å²) in [6, 6.07) is 15.2. The van der Waals surface area contributed by atoms with E-state index in [1.54, 1.807) is 30.2 Å². The molecule has 1 aliphatic rings. The van der Waals surface area contributed by atoms with E-state index < -0.39 is 0 Å². The highest BCUT2D eigenvalue weighted by molar-refractivity contribution is 5.93. The van der Waals surface area contributed by atoms with Gasteiger partial charge in [0, 0.05) is 30.1 Å². The number of carbonyl (C=O) groups excluding carboxylic acids is 1. The molecular weight excluding hydrogens is 425 g/mol. The Kier molecular flexibility index (Phi) is 5.60. The van der Waals surface area contributed by atoms with Crippen LogP contribution in [0.25, 0.3) is 22.7 Å². The van der Waals surface area contributed by atoms with E-state index in [1.807, 2.05) is 24.3 Å². The van der Waals surface area contributed by atoms with E-state index >= 15 is 0 Å². The number of piperidine rings is 1. The third-order valence-electron chi connectivity index (χ3n) is 5.84. The van der Waals surface area contributed by atoms with Gasteiger partial charge in [-0.25, -0.2) is 4.39 Å². The second-order valence-electron chi connectivity index (χ2n) is 7.92. The Labute approximate surface area is 189 Å². The number of hydrogen-bond acceptors (Lipinski definition) is 6. The number of amides is 1. The molecule has 0 bridgehead atoms. The number of aromatic amines is 1. The summed E-state index contributed by atoms with van der Waals surface area (Å²) in [5.74, 6) is 1.31. The highest BCUT2D eigenvalue weighted by Crippen LogP contribution is 2.30. The molecule has 4 aromatic rings. The third kappa shape index (κ3) is 4.34. The molecule has 3 heterocycles. The summed E-state index contributed by atoms with van der Waals surface area (Å²) in [6.07, 6.45) is 1.43. The average Bonchev–Trinajstić information content (AvgIpc) is 3.55. The molecule has 0 unspecified atom stereocenters. The fraction of sp³-hybridized carbons (Fsp3) is 0.250. The first kappa shape index (κ1) is 20.9. The van der Waals surface area contributed by atoms with E-state index in [9.17, 15) is 9.18 Å². The lowest BCUT2D eigenvalue weighted by Crippen LogP contribution is -2.38. The molecule has 9 heteroatoms. The van der Waals surface area contributed by atoms with E-state index in [0.29, 0.717) is 54.7 Å². The number of benzene rings is 2. The Bertz CT molecular complexity index is 1260. The maximum atomic E-state index is 13.1. The minimum atomic E-state index is -0.316. The van der Waals surface area contributed by atoms with E-state index in [4.69, 9.17) is 9.15 Å². The van der Waals surface area contributed by atoms with Crippen molar-refractivity contribution in [1.82, 2.24) is 25.3 Å². The molecule has 0 atom stereocenters. The van der Waals surface area contributed by atoms with Crippen LogP contribution in [0, 0.1) is 5.82 Å². The van der Waals surface area contributed by atoms with Gasteiger partial charge in [0.15, 0.2) is 0 Å². The molecule has 2 aromatic carbocycles. The summed E-state index contributed by atoms with van der Waals surface area (Å²) in [7, 11) is 1.61. The summed E-state index contributed by atoms with van der Waals surface area (Å²) in [4.78, 5) is 14.8. The number of aromatic nitrogens is 4. The normalized spacial score (nSPS) is 14.4. The Morgan fingerprint density at radius 2 is 1.88 bits per heavy atom. The average molecular weight is 447 g/mol. The number of hydrogen-bond donors (Lipinski definition) is 1. The molecule has 0 aliphatic carbocycles. The summed E-state index contributed by atoms with van der Waals surface area (Å²) >= 11 is 0. The van der Waals surface area contributed by atoms with Gasteiger partial charge in [0.1, 0.15) is 17.3 Å². The number of nitrogens with one attached hydrogen (secondary N) is 1. The van der Waals surface area contributed by atoms with E-state index in [0.717, 1.165) is 11.3 Å². The number of methoxy groups -OCH3 is 1. The van der Waals surface area contributed by atoms with Gasteiger partial charge in [-0.1, -0.05) is 12.1 Å². The molecule has 8 nitrogen and oxygen atoms in total. The number of H-pyrrole nitrogens is 1. The first-order valence-corrected chi connectivity index (χ1v) is 10.7. The van der Waals surface area contributed by atoms with E-state index in [-0.39, 0.29) is 17.6 Å². The molecule has 33 heavy (non-hydrogen) atoms. The van der Waals surface area contributed by atoms with Crippen LogP contribution < -0.4 is 4.74 Å². The molecule has 0 spiro atoms. The fourth-order valence-electron chi connectivity index (χ4n) is 3.97. The number of likely N-dealkylation sites (tertiary alicyclic amines) is 1. The molecule has 1 amide bonds. The van der Waals surface area contributed by atoms with Gasteiger partial charge in [0.25, 0.3) is 5.91 Å². The highest BCUT2D eigenvalue weighted by Gasteiger charge is 2.29. The van der Waals surface area contributed by atoms with Crippen LogP contribution in [-0.4, -0.2) is 51.4 Å². The van der Waals surface area contributed by atoms with Crippen LogP contribution in [0.4, 0.5) is 4.39 Å². The number of rotatable bonds is 5. The predicted molar refractivity (Wildman–Crippen MR) is 118 cm³/mol. The SMILES string of the molecule is COc1cccc(-c2cc(C(=O)N3CCC(c4nnc(-c5ccc(F)cc5)o4)CC3)[nH]n2)c1. The summed E-state index contributed by atoms with van der Waals surface area (Å²) < 4.78 is 24.2. The van der Waals surface area contributed by atoms with Crippen molar-refractivity contribution in [2.45, 2.75) is 18.8 Å². The lowest BCUT2D eigenvalue weighted by molar-refractivity contribution is 0.0700. The quantitative estimate of drug-likeness (QED) is 0.490. The zero-order chi connectivity index (χ0) is 22.8. The number of halogens is 1. The molecule has 2 aromatic heterocycles. The van der Waals surface area contributed by atoms with Crippen molar-refractivity contribution >= 4 is 5.91 Å². The van der Waals surface area contributed by atoms with Gasteiger partial charge in [0.05, 0.1) is 12.8 Å². The Balaban J connectivity index is 1.22. The predicted octanol–water partition coefficient (Wildman–Crippen LogP) is 4.29. The molecule has 168 valence electrons. The molecule has 5 rings (SSSR count). The number of ether oxygens (including phenoxy) is 1. The van der Waals surface area contributed by atoms with Gasteiger partial charge in [-0.15, -0.1) is 10.2 Å². The van der Waals surface area contributed by atoms with Gasteiger partial charge >= 0.3 is 0 Å². The molecule has 0 radical (unpaired) electrons. The van der Waals surface area contributed by atoms with Gasteiger partial charge in [-0.2, -0.15) is 5.10 Å². The van der Waals surface area contributed by atoms with Crippen molar-refractivity contribution in [2.24, 2.45) is 0 Å². The topological polar surface area (TPSA) is 97.1 Å². The third-order valence-corrected chi connectivity index (χ3v) is 5.84. The van der Waals surface area contributed by atoms with E-state index in [2.05, 4.69) is 20.4 Å². The van der Waals surface area contributed by atoms with Crippen LogP contribution >= 0.6 is 0 Å². The van der Waals surface area contributed by atoms with E-state index in [1.165, 1.54) is 12.1 Å². The first-order valence-electron chi connectivity index (χ1n) is 10.7. The smallest absolute Gasteiger partial charge is 0.271 e. The summed E-state index contributed by atoms with van der Waals surface area (Å²) in [6.45, 7) is 1.15. The minimum absolute atomic E-state index is 0.0739. The molecular formula is C24H22FN5O3. The van der Waals surface area contributed by atoms with Crippen LogP contribution in [0.1, 0.15) is 35.1 Å². The van der Waals surface area contributed by atoms with Gasteiger partial charge in [-0.3, -0.25) is 9.89 Å². The largest absolute Gasteiger partial charge is 0.497 e. The van der Waals surface area contributed by atoms with Crippen LogP contribution in [0.3, 0.4) is 0 Å². The second kappa shape index (κ2) is 8.85. The van der Waals surface area contributed by atoms with Crippen molar-refractivity contribution in [3.63, 3.8) is 0 Å². The van der Waals surface area contributed by atoms with Gasteiger partial charge in [-0.05, 0) is 55.3 Å². The van der Waals surface area contributed by atoms with Gasteiger partial charge in [0.2, 0.25) is 11.8 Å². The first-order chi connectivity index (χ1) is 16.1. The summed E-state index contributed by atoms with van der Waals surface area (Å²) in [5.41, 5.74) is 2.68. The molecule has 0 saturated carbocycles. The molecule has 1 N–H and O–H groups in total. The van der Waals surface area contributed by atoms with Crippen LogP contribution in [-0.2, 0) is 0 Å². The maximum Gasteiger partial charge on any atom is 0.271 e. The fourth-order valence-corrected chi connectivity index (χ4v) is 3.97. The van der Waals surface area contributed by atoms with Gasteiger partial charge < -0.3 is 14.1 Å². The summed E-state index contributed by atoms with van der Waals surface area (Å²) in [5, 5.41) is 15.4. The molecule has 1 fully saturated rings. The second-order valence-corrected chi connectivity index (χ2v) is 7.92. The van der Waals surface area contributed by atoms with Crippen molar-refractivity contribution in [3.05, 3.63) is 72.0 Å². The monoisotopic (exact) mass is 447 g/mol. The minimum Gasteiger partial charge on any atom is -0.497 e. The Hall–Kier alpha value is -4.01. The standard InChI is InChI=1S/C24H22FN5O3/c1-32-19-4-2-3-17(13-19)20-14-21(27-26-20)24(31)30-11-9-16(10-12-30)23-29-28-22(33-23)15-5-7-18(25)8-6-15/h2-8,13-14,16H,9-12H2,1H3,(H,26,27). The molecule has 1 saturated heterocycles. The zero-order valence-electron chi connectivity index (χ0n) is 18.0. The Morgan fingerprint density at radius 1 is 1.09 bits per heavy atom.